The second-order valence-electron chi connectivity index (χ2n) is 0. The summed E-state index contributed by atoms with van der Waals surface area (Å²) in [4.78, 5) is 0. The van der Waals surface area contributed by atoms with E-state index in [0.29, 0.717) is 0 Å². The van der Waals surface area contributed by atoms with Gasteiger partial charge in [-0.3, -0.25) is 0 Å². The van der Waals surface area contributed by atoms with Crippen molar-refractivity contribution in [1.29, 1.82) is 0 Å². The van der Waals surface area contributed by atoms with Crippen LogP contribution in [0.4, 0.5) is 0 Å². The van der Waals surface area contributed by atoms with Crippen LogP contribution < -0.4 is 29.6 Å². The van der Waals surface area contributed by atoms with E-state index in [-0.39, 0.29) is 104 Å². The summed E-state index contributed by atoms with van der Waals surface area (Å²) in [5.41, 5.74) is 0. The van der Waals surface area contributed by atoms with Crippen molar-refractivity contribution in [2.24, 2.45) is 0 Å². The number of hydrogen-bond donors (Lipinski definition) is 0. The molecule has 0 heterocycles. The third-order valence-electron chi connectivity index (χ3n) is 0. The zero-order chi connectivity index (χ0) is 0. The van der Waals surface area contributed by atoms with Crippen LogP contribution in [0.15, 0.2) is 0 Å². The van der Waals surface area contributed by atoms with Gasteiger partial charge in [0.05, 0.1) is 0 Å². The molecule has 4 heteroatoms. The molecule has 0 bridgehead atoms. The van der Waals surface area contributed by atoms with E-state index in [1.807, 2.05) is 0 Å². The zero-order valence-corrected chi connectivity index (χ0v) is 9.63. The molecule has 0 aromatic rings. The summed E-state index contributed by atoms with van der Waals surface area (Å²) in [5, 5.41) is 0. The summed E-state index contributed by atoms with van der Waals surface area (Å²) in [6.07, 6.45) is 0. The quantitative estimate of drug-likeness (QED) is 0.377. The third-order valence-corrected chi connectivity index (χ3v) is 0. The van der Waals surface area contributed by atoms with Crippen LogP contribution in [0, 0.1) is 0 Å². The molecule has 0 radical (unpaired) electrons. The molecule has 0 aliphatic rings. The van der Waals surface area contributed by atoms with Gasteiger partial charge < -0.3 is 4.28 Å². The normalized spacial score (nSPS) is 0. The van der Waals surface area contributed by atoms with E-state index >= 15 is 0 Å². The maximum absolute atomic E-state index is 0. The average Bonchev–Trinajstić information content (AvgIpc) is 0. The molecule has 0 rings (SSSR count). The fourth-order valence-electron chi connectivity index (χ4n) is 0. The van der Waals surface area contributed by atoms with E-state index in [2.05, 4.69) is 0 Å². The van der Waals surface area contributed by atoms with Gasteiger partial charge in [0.25, 0.3) is 0 Å². The van der Waals surface area contributed by atoms with E-state index in [9.17, 15) is 0 Å². The molecular formula is H5Cl2NaSr. The second-order valence-corrected chi connectivity index (χ2v) is 0. The van der Waals surface area contributed by atoms with Crippen LogP contribution >= 0.6 is 24.8 Å². The predicted octanol–water partition coefficient (Wildman–Crippen LogP) is -2.20. The van der Waals surface area contributed by atoms with Gasteiger partial charge in [-0.2, -0.15) is 0 Å². The van der Waals surface area contributed by atoms with Crippen molar-refractivity contribution < 1.29 is 33.8 Å². The van der Waals surface area contributed by atoms with Gasteiger partial charge >= 0.3 is 75.0 Å². The standard InChI is InChI=1S/2ClH.Na.Sr.3H/h2*1H;;;;;/q;;+1;+2;3*-1. The Kier molecular flexibility index (Phi) is 115. The number of rotatable bonds is 0. The van der Waals surface area contributed by atoms with Gasteiger partial charge in [-0.05, 0) is 0 Å². The SMILES string of the molecule is Cl.Cl.[H-].[H-].[H-].[Na+].[Sr+2]. The van der Waals surface area contributed by atoms with Gasteiger partial charge in [0.1, 0.15) is 0 Å². The van der Waals surface area contributed by atoms with Crippen molar-refractivity contribution in [1.82, 2.24) is 0 Å². The van der Waals surface area contributed by atoms with Crippen molar-refractivity contribution in [3.63, 3.8) is 0 Å². The van der Waals surface area contributed by atoms with Gasteiger partial charge in [0.2, 0.25) is 0 Å². The zero-order valence-electron chi connectivity index (χ0n) is 5.52. The maximum Gasteiger partial charge on any atom is 2.00 e. The molecule has 0 fully saturated rings. The first-order chi connectivity index (χ1) is 0. The molecule has 0 aliphatic heterocycles. The topological polar surface area (TPSA) is 0 Å². The van der Waals surface area contributed by atoms with E-state index in [4.69, 9.17) is 0 Å². The van der Waals surface area contributed by atoms with Crippen LogP contribution in [0.5, 0.6) is 0 Å². The Morgan fingerprint density at radius 2 is 1.00 bits per heavy atom. The van der Waals surface area contributed by atoms with E-state index in [1.165, 1.54) is 0 Å². The Hall–Kier alpha value is 3.06. The summed E-state index contributed by atoms with van der Waals surface area (Å²) < 4.78 is 0. The summed E-state index contributed by atoms with van der Waals surface area (Å²) in [7, 11) is 0. The Bertz CT molecular complexity index is 12.9. The fraction of sp³-hybridized carbons (Fsp3) is 0. The molecule has 0 spiro atoms. The van der Waals surface area contributed by atoms with Gasteiger partial charge in [0, 0.05) is 0 Å². The Morgan fingerprint density at radius 1 is 1.00 bits per heavy atom. The van der Waals surface area contributed by atoms with Crippen LogP contribution in [0.1, 0.15) is 4.28 Å². The molecule has 0 saturated carbocycles. The van der Waals surface area contributed by atoms with Crippen molar-refractivity contribution >= 4 is 70.3 Å². The molecule has 0 unspecified atom stereocenters. The van der Waals surface area contributed by atoms with Crippen molar-refractivity contribution in [3.8, 4) is 0 Å². The summed E-state index contributed by atoms with van der Waals surface area (Å²) in [5.74, 6) is 0. The molecule has 0 aromatic heterocycles. The van der Waals surface area contributed by atoms with Gasteiger partial charge in [-0.25, -0.2) is 0 Å². The van der Waals surface area contributed by atoms with Crippen molar-refractivity contribution in [3.05, 3.63) is 0 Å². The minimum absolute atomic E-state index is 0. The number of hydrogen-bond acceptors (Lipinski definition) is 0. The molecule has 0 atom stereocenters. The molecule has 0 aliphatic carbocycles. The van der Waals surface area contributed by atoms with Crippen molar-refractivity contribution in [2.75, 3.05) is 0 Å². The van der Waals surface area contributed by atoms with E-state index in [1.54, 1.807) is 0 Å². The summed E-state index contributed by atoms with van der Waals surface area (Å²) in [6.45, 7) is 0. The average molecular weight is 187 g/mol. The van der Waals surface area contributed by atoms with Gasteiger partial charge in [-0.1, -0.05) is 0 Å². The fourth-order valence-corrected chi connectivity index (χ4v) is 0. The minimum Gasteiger partial charge on any atom is -1.00 e. The molecular weight excluding hydrogens is 182 g/mol. The van der Waals surface area contributed by atoms with Crippen molar-refractivity contribution in [2.45, 2.75) is 0 Å². The predicted molar refractivity (Wildman–Crippen MR) is 23.6 cm³/mol. The van der Waals surface area contributed by atoms with Crippen LogP contribution in [0.3, 0.4) is 0 Å². The Balaban J connectivity index is 0. The molecule has 4 heavy (non-hydrogen) atoms. The first-order valence-corrected chi connectivity index (χ1v) is 0. The van der Waals surface area contributed by atoms with Crippen LogP contribution in [0.25, 0.3) is 0 Å². The monoisotopic (exact) mass is 186 g/mol. The first kappa shape index (κ1) is 27.7. The largest absolute Gasteiger partial charge is 2.00 e. The third kappa shape index (κ3) is 8.91. The minimum atomic E-state index is 0. The van der Waals surface area contributed by atoms with Crippen LogP contribution in [0.2, 0.25) is 0 Å². The van der Waals surface area contributed by atoms with E-state index in [0.717, 1.165) is 0 Å². The molecule has 0 amide bonds. The van der Waals surface area contributed by atoms with Crippen LogP contribution in [-0.4, -0.2) is 45.5 Å². The second kappa shape index (κ2) is 16.6. The van der Waals surface area contributed by atoms with E-state index < -0.39 is 0 Å². The Morgan fingerprint density at radius 3 is 1.00 bits per heavy atom. The van der Waals surface area contributed by atoms with Crippen LogP contribution in [-0.2, 0) is 0 Å². The number of halogens is 2. The molecule has 0 nitrogen and oxygen atoms in total. The molecule has 0 N–H and O–H groups in total. The summed E-state index contributed by atoms with van der Waals surface area (Å²) >= 11 is 0. The first-order valence-electron chi connectivity index (χ1n) is 0. The molecule has 0 aromatic carbocycles. The molecule has 22 valence electrons. The van der Waals surface area contributed by atoms with Gasteiger partial charge in [-0.15, -0.1) is 24.8 Å². The summed E-state index contributed by atoms with van der Waals surface area (Å²) in [6, 6.07) is 0. The smallest absolute Gasteiger partial charge is 1.00 e. The maximum atomic E-state index is 0. The van der Waals surface area contributed by atoms with Gasteiger partial charge in [0.15, 0.2) is 0 Å². The molecule has 0 saturated heterocycles. The Labute approximate surface area is 102 Å².